The minimum Gasteiger partial charge on any atom is -0.504 e. The number of phenols is 1. The Balaban J connectivity index is 1.05. The van der Waals surface area contributed by atoms with E-state index in [9.17, 15) is 19.8 Å². The molecule has 2 aromatic carbocycles. The molecule has 0 radical (unpaired) electrons. The number of carbonyl (C=O) groups excluding carboxylic acids is 2. The monoisotopic (exact) mass is 794 g/mol. The second-order valence-electron chi connectivity index (χ2n) is 18.3. The SMILES string of the molecule is CC[C@@]12CC(C(=O)OC)=C3Nc4c(cc(O)c(OC)c4OC)[C@@]34CCN([C@@H]3c5cc6c(cc5O[C@@H]3[C@H]1O)NC1=C(C(=O)OC)C[C@]35CCO[C@H]3CCN3CC[C@@]16[C@@H]35)[C@@H]24. The highest BCUT2D eigenvalue weighted by molar-refractivity contribution is 5.95. The molecule has 0 saturated carbocycles. The third kappa shape index (κ3) is 3.70. The van der Waals surface area contributed by atoms with Gasteiger partial charge in [0.05, 0.1) is 68.2 Å². The van der Waals surface area contributed by atoms with Crippen molar-refractivity contribution in [3.63, 3.8) is 0 Å². The molecule has 5 saturated heterocycles. The van der Waals surface area contributed by atoms with Gasteiger partial charge in [0.25, 0.3) is 0 Å². The number of nitrogens with one attached hydrogen (secondary N) is 2. The number of benzene rings is 2. The summed E-state index contributed by atoms with van der Waals surface area (Å²) in [5, 5.41) is 31.8. The molecule has 5 fully saturated rings. The Morgan fingerprint density at radius 2 is 1.60 bits per heavy atom. The highest BCUT2D eigenvalue weighted by Crippen LogP contribution is 2.72. The number of esters is 2. The van der Waals surface area contributed by atoms with Gasteiger partial charge in [-0.1, -0.05) is 6.92 Å². The van der Waals surface area contributed by atoms with Crippen LogP contribution < -0.4 is 24.8 Å². The number of hydrogen-bond donors (Lipinski definition) is 4. The molecule has 10 atom stereocenters. The van der Waals surface area contributed by atoms with E-state index in [2.05, 4.69) is 39.5 Å². The molecule has 4 N–H and O–H groups in total. The first kappa shape index (κ1) is 35.4. The van der Waals surface area contributed by atoms with Crippen molar-refractivity contribution in [1.29, 1.82) is 0 Å². The van der Waals surface area contributed by atoms with Crippen LogP contribution in [0.4, 0.5) is 11.4 Å². The smallest absolute Gasteiger partial charge is 0.335 e. The topological polar surface area (TPSA) is 161 Å². The van der Waals surface area contributed by atoms with Crippen molar-refractivity contribution in [1.82, 2.24) is 9.80 Å². The molecule has 14 heteroatoms. The number of aliphatic hydroxyl groups is 1. The fourth-order valence-corrected chi connectivity index (χ4v) is 15.0. The third-order valence-corrected chi connectivity index (χ3v) is 16.9. The highest BCUT2D eigenvalue weighted by Gasteiger charge is 2.75. The van der Waals surface area contributed by atoms with Gasteiger partial charge in [-0.05, 0) is 74.8 Å². The van der Waals surface area contributed by atoms with Gasteiger partial charge in [-0.2, -0.15) is 0 Å². The van der Waals surface area contributed by atoms with E-state index >= 15 is 0 Å². The lowest BCUT2D eigenvalue weighted by molar-refractivity contribution is -0.168. The number of ether oxygens (including phenoxy) is 6. The number of phenolic OH excluding ortho intramolecular Hbond substituents is 1. The number of aromatic hydroxyl groups is 1. The van der Waals surface area contributed by atoms with E-state index < -0.39 is 34.4 Å². The minimum atomic E-state index is -0.956. The molecule has 2 aliphatic carbocycles. The molecule has 58 heavy (non-hydrogen) atoms. The average Bonchev–Trinajstić information content (AvgIpc) is 4.09. The quantitative estimate of drug-likeness (QED) is 0.254. The lowest BCUT2D eigenvalue weighted by Crippen LogP contribution is -2.69. The standard InChI is InChI=1S/C44H50N4O10/c1-6-41-18-21(37(51)55-4)35-44(24-16-26(49)31(53-2)32(54-3)29(24)46-35)9-13-48(40(41)44)30-20-15-23-25(17-27(20)58-33(30)36(41)50)45-34-22(38(52)56-5)19-42-10-14-57-28(42)7-11-47-12-8-43(23,34)39(42)47/h15-17,28,30,33,36,39-40,45-46,49-50H,6-14,18-19H2,1-5H3/t28-,30+,33-,36+,39-,40-,41+,42+,43-,44-/m0/s1. The van der Waals surface area contributed by atoms with Gasteiger partial charge >= 0.3 is 11.9 Å². The molecule has 3 spiro atoms. The van der Waals surface area contributed by atoms with Gasteiger partial charge in [-0.3, -0.25) is 9.80 Å². The molecule has 14 nitrogen and oxygen atoms in total. The zero-order valence-corrected chi connectivity index (χ0v) is 33.5. The van der Waals surface area contributed by atoms with E-state index in [1.807, 2.05) is 0 Å². The number of rotatable bonds is 5. The summed E-state index contributed by atoms with van der Waals surface area (Å²) in [6.45, 7) is 5.31. The van der Waals surface area contributed by atoms with E-state index in [-0.39, 0.29) is 53.5 Å². The fraction of sp³-hybridized carbons (Fsp3) is 0.591. The Morgan fingerprint density at radius 3 is 2.34 bits per heavy atom. The molecule has 0 unspecified atom stereocenters. The summed E-state index contributed by atoms with van der Waals surface area (Å²) in [6.07, 6.45) is 3.33. The van der Waals surface area contributed by atoms with Crippen molar-refractivity contribution < 1.29 is 48.2 Å². The largest absolute Gasteiger partial charge is 0.504 e. The number of hydrogen-bond acceptors (Lipinski definition) is 14. The lowest BCUT2D eigenvalue weighted by Gasteiger charge is -2.60. The van der Waals surface area contributed by atoms with E-state index in [4.69, 9.17) is 28.4 Å². The predicted octanol–water partition coefficient (Wildman–Crippen LogP) is 4.00. The first-order valence-corrected chi connectivity index (χ1v) is 20.9. The van der Waals surface area contributed by atoms with Gasteiger partial charge in [0, 0.05) is 71.3 Å². The van der Waals surface area contributed by atoms with E-state index in [0.29, 0.717) is 55.2 Å². The summed E-state index contributed by atoms with van der Waals surface area (Å²) >= 11 is 0. The van der Waals surface area contributed by atoms with Crippen LogP contribution in [-0.4, -0.2) is 117 Å². The molecule has 0 bridgehead atoms. The zero-order valence-electron chi connectivity index (χ0n) is 33.5. The summed E-state index contributed by atoms with van der Waals surface area (Å²) in [5.74, 6) is 0.478. The summed E-state index contributed by atoms with van der Waals surface area (Å²) in [6, 6.07) is 5.76. The minimum absolute atomic E-state index is 0.0592. The number of aliphatic hydroxyl groups excluding tert-OH is 1. The third-order valence-electron chi connectivity index (χ3n) is 16.9. The molecule has 10 aliphatic rings. The molecule has 306 valence electrons. The van der Waals surface area contributed by atoms with Crippen LogP contribution in [0.1, 0.15) is 74.6 Å². The predicted molar refractivity (Wildman–Crippen MR) is 208 cm³/mol. The second kappa shape index (κ2) is 11.4. The number of anilines is 2. The average molecular weight is 795 g/mol. The molecule has 0 amide bonds. The Morgan fingerprint density at radius 1 is 0.879 bits per heavy atom. The van der Waals surface area contributed by atoms with Crippen LogP contribution in [0, 0.1) is 10.8 Å². The van der Waals surface area contributed by atoms with Crippen molar-refractivity contribution in [3.8, 4) is 23.0 Å². The number of fused-ring (bicyclic) bond motifs is 6. The first-order valence-electron chi connectivity index (χ1n) is 20.9. The summed E-state index contributed by atoms with van der Waals surface area (Å²) in [7, 11) is 5.90. The Bertz CT molecular complexity index is 2330. The second-order valence-corrected chi connectivity index (χ2v) is 18.3. The van der Waals surface area contributed by atoms with Crippen LogP contribution in [0.2, 0.25) is 0 Å². The normalized spacial score (nSPS) is 39.1. The van der Waals surface area contributed by atoms with Crippen molar-refractivity contribution in [2.24, 2.45) is 10.8 Å². The van der Waals surface area contributed by atoms with Gasteiger partial charge in [-0.25, -0.2) is 9.59 Å². The molecule has 2 aromatic rings. The molecule has 12 rings (SSSR count). The van der Waals surface area contributed by atoms with Crippen LogP contribution in [0.25, 0.3) is 0 Å². The summed E-state index contributed by atoms with van der Waals surface area (Å²) in [5.41, 5.74) is 5.19. The number of methoxy groups -OCH3 is 4. The van der Waals surface area contributed by atoms with Crippen molar-refractivity contribution in [3.05, 3.63) is 57.4 Å². The molecule has 0 aromatic heterocycles. The van der Waals surface area contributed by atoms with Crippen LogP contribution in [0.15, 0.2) is 40.7 Å². The van der Waals surface area contributed by atoms with Gasteiger partial charge in [0.2, 0.25) is 5.75 Å². The molecule has 8 heterocycles. The fourth-order valence-electron chi connectivity index (χ4n) is 15.0. The maximum absolute atomic E-state index is 13.9. The van der Waals surface area contributed by atoms with E-state index in [1.54, 1.807) is 13.2 Å². The molecular formula is C44H50N4O10. The maximum atomic E-state index is 13.9. The van der Waals surface area contributed by atoms with Crippen LogP contribution in [0.5, 0.6) is 23.0 Å². The Kier molecular flexibility index (Phi) is 6.97. The Labute approximate surface area is 336 Å². The Hall–Kier alpha value is -4.50. The molecule has 8 aliphatic heterocycles. The lowest BCUT2D eigenvalue weighted by atomic mass is 9.51. The number of piperidine rings is 2. The van der Waals surface area contributed by atoms with Gasteiger partial charge in [-0.15, -0.1) is 0 Å². The first-order chi connectivity index (χ1) is 28.1. The van der Waals surface area contributed by atoms with Crippen LogP contribution in [0.3, 0.4) is 0 Å². The number of nitrogens with zero attached hydrogens (tertiary/aromatic N) is 2. The van der Waals surface area contributed by atoms with Crippen molar-refractivity contribution in [2.45, 2.75) is 99.1 Å². The number of carbonyl (C=O) groups is 2. The van der Waals surface area contributed by atoms with Gasteiger partial charge in [0.15, 0.2) is 11.5 Å². The van der Waals surface area contributed by atoms with E-state index in [1.165, 1.54) is 26.9 Å². The van der Waals surface area contributed by atoms with Crippen molar-refractivity contribution >= 4 is 23.3 Å². The van der Waals surface area contributed by atoms with Crippen molar-refractivity contribution in [2.75, 3.05) is 65.3 Å². The van der Waals surface area contributed by atoms with Gasteiger partial charge < -0.3 is 49.3 Å². The zero-order chi connectivity index (χ0) is 39.8. The maximum Gasteiger partial charge on any atom is 0.335 e. The van der Waals surface area contributed by atoms with Crippen LogP contribution >= 0.6 is 0 Å². The van der Waals surface area contributed by atoms with Crippen LogP contribution in [-0.2, 0) is 34.6 Å². The van der Waals surface area contributed by atoms with E-state index in [0.717, 1.165) is 66.1 Å². The molecular weight excluding hydrogens is 745 g/mol. The summed E-state index contributed by atoms with van der Waals surface area (Å²) in [4.78, 5) is 32.8. The highest BCUT2D eigenvalue weighted by atomic mass is 16.5. The van der Waals surface area contributed by atoms with Gasteiger partial charge in [0.1, 0.15) is 18.0 Å². The summed E-state index contributed by atoms with van der Waals surface area (Å²) < 4.78 is 35.9.